The average molecular weight is 247 g/mol. The van der Waals surface area contributed by atoms with E-state index in [1.54, 1.807) is 0 Å². The quantitative estimate of drug-likeness (QED) is 0.593. The second-order valence-electron chi connectivity index (χ2n) is 4.09. The van der Waals surface area contributed by atoms with Crippen LogP contribution in [0.15, 0.2) is 0 Å². The SMILES string of the molecule is CC.CC.CCCNCCC(=O)OC(C)(C)C. The third-order valence-electron chi connectivity index (χ3n) is 1.35. The molecular formula is C14H33NO2. The summed E-state index contributed by atoms with van der Waals surface area (Å²) in [5.41, 5.74) is -0.359. The normalized spacial score (nSPS) is 9.41. The van der Waals surface area contributed by atoms with E-state index in [-0.39, 0.29) is 11.6 Å². The van der Waals surface area contributed by atoms with E-state index in [1.165, 1.54) is 0 Å². The highest BCUT2D eigenvalue weighted by atomic mass is 16.6. The fourth-order valence-electron chi connectivity index (χ4n) is 0.885. The Hall–Kier alpha value is -0.570. The molecule has 0 aromatic carbocycles. The van der Waals surface area contributed by atoms with Crippen LogP contribution >= 0.6 is 0 Å². The Morgan fingerprint density at radius 3 is 1.88 bits per heavy atom. The predicted molar refractivity (Wildman–Crippen MR) is 76.3 cm³/mol. The maximum Gasteiger partial charge on any atom is 0.307 e. The first kappa shape index (κ1) is 21.7. The largest absolute Gasteiger partial charge is 0.460 e. The highest BCUT2D eigenvalue weighted by Gasteiger charge is 2.15. The van der Waals surface area contributed by atoms with E-state index in [1.807, 2.05) is 48.5 Å². The minimum absolute atomic E-state index is 0.129. The number of hydrogen-bond donors (Lipinski definition) is 1. The zero-order valence-electron chi connectivity index (χ0n) is 13.1. The number of carbonyl (C=O) groups excluding carboxylic acids is 1. The van der Waals surface area contributed by atoms with E-state index in [0.717, 1.165) is 13.0 Å². The molecule has 3 heteroatoms. The molecule has 1 N–H and O–H groups in total. The number of ether oxygens (including phenoxy) is 1. The molecular weight excluding hydrogens is 214 g/mol. The monoisotopic (exact) mass is 247 g/mol. The van der Waals surface area contributed by atoms with Crippen LogP contribution in [0.5, 0.6) is 0 Å². The van der Waals surface area contributed by atoms with E-state index < -0.39 is 0 Å². The van der Waals surface area contributed by atoms with Crippen molar-refractivity contribution in [3.05, 3.63) is 0 Å². The summed E-state index contributed by atoms with van der Waals surface area (Å²) in [6.07, 6.45) is 1.55. The molecule has 106 valence electrons. The third-order valence-corrected chi connectivity index (χ3v) is 1.35. The van der Waals surface area contributed by atoms with Gasteiger partial charge in [0.15, 0.2) is 0 Å². The van der Waals surface area contributed by atoms with Crippen molar-refractivity contribution in [2.45, 2.75) is 73.8 Å². The number of carbonyl (C=O) groups is 1. The minimum Gasteiger partial charge on any atom is -0.460 e. The Kier molecular flexibility index (Phi) is 19.7. The number of esters is 1. The molecule has 0 unspecified atom stereocenters. The molecule has 0 aliphatic rings. The first-order chi connectivity index (χ1) is 7.95. The third kappa shape index (κ3) is 25.6. The fraction of sp³-hybridized carbons (Fsp3) is 0.929. The van der Waals surface area contributed by atoms with Gasteiger partial charge < -0.3 is 10.1 Å². The Morgan fingerprint density at radius 2 is 1.53 bits per heavy atom. The molecule has 0 heterocycles. The van der Waals surface area contributed by atoms with Crippen LogP contribution in [0, 0.1) is 0 Å². The summed E-state index contributed by atoms with van der Waals surface area (Å²) in [7, 11) is 0. The van der Waals surface area contributed by atoms with Crippen LogP contribution in [0.25, 0.3) is 0 Å². The van der Waals surface area contributed by atoms with Crippen molar-refractivity contribution in [1.29, 1.82) is 0 Å². The van der Waals surface area contributed by atoms with Gasteiger partial charge in [0.25, 0.3) is 0 Å². The summed E-state index contributed by atoms with van der Waals surface area (Å²) < 4.78 is 5.14. The topological polar surface area (TPSA) is 38.3 Å². The van der Waals surface area contributed by atoms with Crippen molar-refractivity contribution < 1.29 is 9.53 Å². The highest BCUT2D eigenvalue weighted by molar-refractivity contribution is 5.70. The van der Waals surface area contributed by atoms with E-state index in [0.29, 0.717) is 13.0 Å². The lowest BCUT2D eigenvalue weighted by Gasteiger charge is -2.19. The van der Waals surface area contributed by atoms with Crippen molar-refractivity contribution in [2.24, 2.45) is 0 Å². The van der Waals surface area contributed by atoms with Gasteiger partial charge in [0, 0.05) is 6.54 Å². The zero-order chi connectivity index (χ0) is 14.3. The van der Waals surface area contributed by atoms with Gasteiger partial charge in [-0.3, -0.25) is 4.79 Å². The van der Waals surface area contributed by atoms with Crippen molar-refractivity contribution in [3.63, 3.8) is 0 Å². The molecule has 3 nitrogen and oxygen atoms in total. The molecule has 0 aliphatic heterocycles. The lowest BCUT2D eigenvalue weighted by molar-refractivity contribution is -0.154. The molecule has 0 saturated heterocycles. The maximum atomic E-state index is 11.2. The van der Waals surface area contributed by atoms with E-state index in [9.17, 15) is 4.79 Å². The summed E-state index contributed by atoms with van der Waals surface area (Å²) in [5.74, 6) is -0.129. The molecule has 0 atom stereocenters. The van der Waals surface area contributed by atoms with Crippen LogP contribution in [-0.4, -0.2) is 24.7 Å². The first-order valence-electron chi connectivity index (χ1n) is 6.88. The van der Waals surface area contributed by atoms with Crippen molar-refractivity contribution >= 4 is 5.97 Å². The van der Waals surface area contributed by atoms with Gasteiger partial charge in [-0.1, -0.05) is 34.6 Å². The molecule has 0 amide bonds. The summed E-state index contributed by atoms with van der Waals surface area (Å²) in [5, 5.41) is 3.15. The van der Waals surface area contributed by atoms with Crippen molar-refractivity contribution in [2.75, 3.05) is 13.1 Å². The van der Waals surface area contributed by atoms with Crippen molar-refractivity contribution in [1.82, 2.24) is 5.32 Å². The van der Waals surface area contributed by atoms with Gasteiger partial charge in [-0.05, 0) is 33.7 Å². The molecule has 0 aromatic heterocycles. The van der Waals surface area contributed by atoms with E-state index >= 15 is 0 Å². The van der Waals surface area contributed by atoms with Gasteiger partial charge in [-0.25, -0.2) is 0 Å². The second-order valence-corrected chi connectivity index (χ2v) is 4.09. The molecule has 17 heavy (non-hydrogen) atoms. The maximum absolute atomic E-state index is 11.2. The summed E-state index contributed by atoms with van der Waals surface area (Å²) >= 11 is 0. The van der Waals surface area contributed by atoms with Crippen LogP contribution < -0.4 is 5.32 Å². The van der Waals surface area contributed by atoms with Gasteiger partial charge in [-0.2, -0.15) is 0 Å². The number of nitrogens with one attached hydrogen (secondary N) is 1. The molecule has 0 bridgehead atoms. The van der Waals surface area contributed by atoms with E-state index in [4.69, 9.17) is 4.74 Å². The summed E-state index contributed by atoms with van der Waals surface area (Å²) in [6, 6.07) is 0. The molecule has 0 aliphatic carbocycles. The summed E-state index contributed by atoms with van der Waals surface area (Å²) in [6.45, 7) is 17.4. The molecule has 0 rings (SSSR count). The Morgan fingerprint density at radius 1 is 1.06 bits per heavy atom. The molecule has 0 fully saturated rings. The van der Waals surface area contributed by atoms with Gasteiger partial charge in [0.05, 0.1) is 6.42 Å². The van der Waals surface area contributed by atoms with Gasteiger partial charge in [0.2, 0.25) is 0 Å². The Balaban J connectivity index is -0.000000439. The first-order valence-corrected chi connectivity index (χ1v) is 6.88. The zero-order valence-corrected chi connectivity index (χ0v) is 13.1. The van der Waals surface area contributed by atoms with Crippen LogP contribution in [-0.2, 0) is 9.53 Å². The molecule has 0 saturated carbocycles. The molecule has 0 aromatic rings. The average Bonchev–Trinajstić information content (AvgIpc) is 2.28. The smallest absolute Gasteiger partial charge is 0.307 e. The van der Waals surface area contributed by atoms with Crippen LogP contribution in [0.3, 0.4) is 0 Å². The van der Waals surface area contributed by atoms with Gasteiger partial charge >= 0.3 is 5.97 Å². The van der Waals surface area contributed by atoms with Crippen LogP contribution in [0.4, 0.5) is 0 Å². The Bertz CT molecular complexity index is 151. The molecule has 0 spiro atoms. The fourth-order valence-corrected chi connectivity index (χ4v) is 0.885. The minimum atomic E-state index is -0.359. The Labute approximate surface area is 108 Å². The van der Waals surface area contributed by atoms with Gasteiger partial charge in [-0.15, -0.1) is 0 Å². The lowest BCUT2D eigenvalue weighted by Crippen LogP contribution is -2.27. The van der Waals surface area contributed by atoms with Gasteiger partial charge in [0.1, 0.15) is 5.60 Å². The van der Waals surface area contributed by atoms with Crippen LogP contribution in [0.1, 0.15) is 68.2 Å². The highest BCUT2D eigenvalue weighted by Crippen LogP contribution is 2.07. The van der Waals surface area contributed by atoms with Crippen LogP contribution in [0.2, 0.25) is 0 Å². The summed E-state index contributed by atoms with van der Waals surface area (Å²) in [4.78, 5) is 11.2. The van der Waals surface area contributed by atoms with E-state index in [2.05, 4.69) is 12.2 Å². The number of hydrogen-bond acceptors (Lipinski definition) is 3. The van der Waals surface area contributed by atoms with Crippen molar-refractivity contribution in [3.8, 4) is 0 Å². The lowest BCUT2D eigenvalue weighted by atomic mass is 10.2. The molecule has 0 radical (unpaired) electrons. The predicted octanol–water partition coefficient (Wildman–Crippen LogP) is 3.77. The standard InChI is InChI=1S/C10H21NO2.2C2H6/c1-5-7-11-8-6-9(12)13-10(2,3)4;2*1-2/h11H,5-8H2,1-4H3;2*1-2H3. The second kappa shape index (κ2) is 15.4. The number of rotatable bonds is 5.